The highest BCUT2D eigenvalue weighted by atomic mass is 19.1. The zero-order valence-electron chi connectivity index (χ0n) is 7.48. The highest BCUT2D eigenvalue weighted by molar-refractivity contribution is 6.02. The maximum absolute atomic E-state index is 12.4. The summed E-state index contributed by atoms with van der Waals surface area (Å²) in [6.45, 7) is 0. The Balaban J connectivity index is 2.09. The molecule has 0 radical (unpaired) electrons. The van der Waals surface area contributed by atoms with Crippen molar-refractivity contribution in [2.75, 3.05) is 5.32 Å². The minimum absolute atomic E-state index is 0.152. The number of nitrogens with zero attached hydrogens (tertiary/aromatic N) is 2. The first-order valence-corrected chi connectivity index (χ1v) is 4.09. The largest absolute Gasteiger partial charge is 0.364 e. The number of carbonyl (C=O) groups is 1. The molecule has 15 heavy (non-hydrogen) atoms. The number of pyridine rings is 1. The third-order valence-electron chi connectivity index (χ3n) is 1.66. The van der Waals surface area contributed by atoms with Crippen LogP contribution in [0.15, 0.2) is 35.2 Å². The molecule has 0 aliphatic heterocycles. The molecule has 0 fully saturated rings. The van der Waals surface area contributed by atoms with E-state index in [0.717, 1.165) is 6.07 Å². The van der Waals surface area contributed by atoms with E-state index in [0.29, 0.717) is 5.69 Å². The van der Waals surface area contributed by atoms with Crippen molar-refractivity contribution in [1.82, 2.24) is 10.1 Å². The number of hydrogen-bond acceptors (Lipinski definition) is 4. The Morgan fingerprint density at radius 2 is 2.27 bits per heavy atom. The molecule has 2 aromatic heterocycles. The Kier molecular flexibility index (Phi) is 2.40. The van der Waals surface area contributed by atoms with Gasteiger partial charge in [-0.15, -0.1) is 0 Å². The van der Waals surface area contributed by atoms with Crippen LogP contribution in [0, 0.1) is 5.95 Å². The smallest absolute Gasteiger partial charge is 0.277 e. The number of aromatic nitrogens is 2. The lowest BCUT2D eigenvalue weighted by Crippen LogP contribution is -2.12. The van der Waals surface area contributed by atoms with E-state index in [4.69, 9.17) is 0 Å². The van der Waals surface area contributed by atoms with Gasteiger partial charge in [-0.25, -0.2) is 4.98 Å². The number of carbonyl (C=O) groups excluding carboxylic acids is 1. The van der Waals surface area contributed by atoms with Gasteiger partial charge in [0.05, 0.1) is 11.9 Å². The summed E-state index contributed by atoms with van der Waals surface area (Å²) in [6.07, 6.45) is 2.51. The third-order valence-corrected chi connectivity index (χ3v) is 1.66. The molecule has 5 nitrogen and oxygen atoms in total. The molecule has 0 unspecified atom stereocenters. The first kappa shape index (κ1) is 9.32. The van der Waals surface area contributed by atoms with E-state index in [1.807, 2.05) is 0 Å². The van der Waals surface area contributed by atoms with Crippen LogP contribution in [0.1, 0.15) is 10.5 Å². The molecule has 2 heterocycles. The highest BCUT2D eigenvalue weighted by Gasteiger charge is 2.08. The van der Waals surface area contributed by atoms with Crippen LogP contribution in [0.25, 0.3) is 0 Å². The monoisotopic (exact) mass is 207 g/mol. The van der Waals surface area contributed by atoms with Gasteiger partial charge in [0.1, 0.15) is 6.26 Å². The van der Waals surface area contributed by atoms with Crippen LogP contribution in [0.5, 0.6) is 0 Å². The van der Waals surface area contributed by atoms with Gasteiger partial charge in [0.25, 0.3) is 5.91 Å². The summed E-state index contributed by atoms with van der Waals surface area (Å²) < 4.78 is 17.0. The molecular formula is C9H6FN3O2. The normalized spacial score (nSPS) is 9.93. The maximum Gasteiger partial charge on any atom is 0.277 e. The molecule has 6 heteroatoms. The lowest BCUT2D eigenvalue weighted by Gasteiger charge is -2.00. The van der Waals surface area contributed by atoms with Crippen LogP contribution >= 0.6 is 0 Å². The van der Waals surface area contributed by atoms with Gasteiger partial charge in [-0.1, -0.05) is 5.16 Å². The zero-order valence-corrected chi connectivity index (χ0v) is 7.48. The van der Waals surface area contributed by atoms with Crippen LogP contribution in [0.3, 0.4) is 0 Å². The van der Waals surface area contributed by atoms with Crippen molar-refractivity contribution in [2.45, 2.75) is 0 Å². The van der Waals surface area contributed by atoms with Crippen molar-refractivity contribution < 1.29 is 13.7 Å². The zero-order chi connectivity index (χ0) is 10.7. The highest BCUT2D eigenvalue weighted by Crippen LogP contribution is 2.07. The SMILES string of the molecule is O=C(Nc1ccc(F)nc1)c1ccon1. The molecule has 0 aliphatic carbocycles. The average molecular weight is 207 g/mol. The summed E-state index contributed by atoms with van der Waals surface area (Å²) >= 11 is 0. The number of rotatable bonds is 2. The van der Waals surface area contributed by atoms with Crippen LogP contribution in [0.4, 0.5) is 10.1 Å². The van der Waals surface area contributed by atoms with Crippen molar-refractivity contribution in [1.29, 1.82) is 0 Å². The van der Waals surface area contributed by atoms with Gasteiger partial charge in [-0.3, -0.25) is 4.79 Å². The molecule has 0 saturated heterocycles. The second kappa shape index (κ2) is 3.87. The molecule has 76 valence electrons. The molecule has 0 spiro atoms. The van der Waals surface area contributed by atoms with Crippen LogP contribution in [-0.4, -0.2) is 16.0 Å². The maximum atomic E-state index is 12.4. The summed E-state index contributed by atoms with van der Waals surface area (Å²) in [7, 11) is 0. The van der Waals surface area contributed by atoms with Crippen LogP contribution in [-0.2, 0) is 0 Å². The van der Waals surface area contributed by atoms with Crippen LogP contribution in [0.2, 0.25) is 0 Å². The Bertz CT molecular complexity index is 453. The predicted octanol–water partition coefficient (Wildman–Crippen LogP) is 1.46. The molecular weight excluding hydrogens is 201 g/mol. The predicted molar refractivity (Wildman–Crippen MR) is 48.7 cm³/mol. The van der Waals surface area contributed by atoms with E-state index in [1.54, 1.807) is 0 Å². The van der Waals surface area contributed by atoms with Crippen molar-refractivity contribution >= 4 is 11.6 Å². The molecule has 0 bridgehead atoms. The Hall–Kier alpha value is -2.24. The average Bonchev–Trinajstić information content (AvgIpc) is 2.74. The first-order chi connectivity index (χ1) is 7.25. The fourth-order valence-electron chi connectivity index (χ4n) is 0.975. The minimum atomic E-state index is -0.602. The van der Waals surface area contributed by atoms with Gasteiger partial charge in [-0.2, -0.15) is 4.39 Å². The standard InChI is InChI=1S/C9H6FN3O2/c10-8-2-1-6(5-11-8)12-9(14)7-3-4-15-13-7/h1-5H,(H,12,14). The Morgan fingerprint density at radius 3 is 2.87 bits per heavy atom. The first-order valence-electron chi connectivity index (χ1n) is 4.09. The fourth-order valence-corrected chi connectivity index (χ4v) is 0.975. The van der Waals surface area contributed by atoms with Crippen molar-refractivity contribution in [3.63, 3.8) is 0 Å². The van der Waals surface area contributed by atoms with E-state index < -0.39 is 11.9 Å². The summed E-state index contributed by atoms with van der Waals surface area (Å²) in [5.74, 6) is -1.04. The van der Waals surface area contributed by atoms with Crippen molar-refractivity contribution in [2.24, 2.45) is 0 Å². The molecule has 2 rings (SSSR count). The number of halogens is 1. The summed E-state index contributed by atoms with van der Waals surface area (Å²) in [4.78, 5) is 14.8. The fraction of sp³-hybridized carbons (Fsp3) is 0. The lowest BCUT2D eigenvalue weighted by atomic mass is 10.3. The molecule has 0 aliphatic rings. The second-order valence-electron chi connectivity index (χ2n) is 2.71. The van der Waals surface area contributed by atoms with Crippen molar-refractivity contribution in [3.05, 3.63) is 42.3 Å². The molecule has 2 aromatic rings. The van der Waals surface area contributed by atoms with Gasteiger partial charge >= 0.3 is 0 Å². The second-order valence-corrected chi connectivity index (χ2v) is 2.71. The van der Waals surface area contributed by atoms with Gasteiger partial charge in [0.15, 0.2) is 5.69 Å². The molecule has 0 aromatic carbocycles. The molecule has 1 amide bonds. The van der Waals surface area contributed by atoms with Gasteiger partial charge < -0.3 is 9.84 Å². The van der Waals surface area contributed by atoms with E-state index in [1.165, 1.54) is 24.6 Å². The topological polar surface area (TPSA) is 68.0 Å². The summed E-state index contributed by atoms with van der Waals surface area (Å²) in [6, 6.07) is 3.98. The third kappa shape index (κ3) is 2.16. The van der Waals surface area contributed by atoms with E-state index in [2.05, 4.69) is 20.0 Å². The van der Waals surface area contributed by atoms with Gasteiger partial charge in [0, 0.05) is 6.07 Å². The van der Waals surface area contributed by atoms with Gasteiger partial charge in [-0.05, 0) is 12.1 Å². The number of hydrogen-bond donors (Lipinski definition) is 1. The Labute approximate surface area is 83.9 Å². The molecule has 1 N–H and O–H groups in total. The van der Waals surface area contributed by atoms with E-state index in [9.17, 15) is 9.18 Å². The number of anilines is 1. The van der Waals surface area contributed by atoms with Gasteiger partial charge in [0.2, 0.25) is 5.95 Å². The number of amides is 1. The Morgan fingerprint density at radius 1 is 1.40 bits per heavy atom. The quantitative estimate of drug-likeness (QED) is 0.757. The summed E-state index contributed by atoms with van der Waals surface area (Å²) in [5.41, 5.74) is 0.545. The lowest BCUT2D eigenvalue weighted by molar-refractivity contribution is 0.101. The van der Waals surface area contributed by atoms with E-state index in [-0.39, 0.29) is 5.69 Å². The van der Waals surface area contributed by atoms with E-state index >= 15 is 0 Å². The summed E-state index contributed by atoms with van der Waals surface area (Å²) in [5, 5.41) is 5.93. The minimum Gasteiger partial charge on any atom is -0.364 e. The van der Waals surface area contributed by atoms with Crippen molar-refractivity contribution in [3.8, 4) is 0 Å². The molecule has 0 saturated carbocycles. The molecule has 0 atom stereocenters. The number of nitrogens with one attached hydrogen (secondary N) is 1. The van der Waals surface area contributed by atoms with Crippen LogP contribution < -0.4 is 5.32 Å².